The van der Waals surface area contributed by atoms with E-state index >= 15 is 0 Å². The Morgan fingerprint density at radius 1 is 0.889 bits per heavy atom. The Kier molecular flexibility index (Phi) is 7.42. The number of sulfonamides is 1. The van der Waals surface area contributed by atoms with E-state index in [0.29, 0.717) is 30.9 Å². The molecule has 0 fully saturated rings. The predicted octanol–water partition coefficient (Wildman–Crippen LogP) is 4.16. The van der Waals surface area contributed by atoms with E-state index in [2.05, 4.69) is 0 Å². The van der Waals surface area contributed by atoms with Crippen molar-refractivity contribution in [3.63, 3.8) is 0 Å². The Hall–Kier alpha value is -2.34. The first-order chi connectivity index (χ1) is 13.0. The highest BCUT2D eigenvalue weighted by atomic mass is 32.2. The molecule has 0 spiro atoms. The van der Waals surface area contributed by atoms with Crippen molar-refractivity contribution in [3.8, 4) is 0 Å². The lowest BCUT2D eigenvalue weighted by molar-refractivity contribution is 0.0755. The Balaban J connectivity index is 2.39. The van der Waals surface area contributed by atoms with Crippen molar-refractivity contribution >= 4 is 21.6 Å². The summed E-state index contributed by atoms with van der Waals surface area (Å²) in [6, 6.07) is 15.3. The molecule has 5 nitrogen and oxygen atoms in total. The third-order valence-corrected chi connectivity index (χ3v) is 6.17. The first-order valence-corrected chi connectivity index (χ1v) is 10.9. The predicted molar refractivity (Wildman–Crippen MR) is 110 cm³/mol. The average molecular weight is 389 g/mol. The van der Waals surface area contributed by atoms with Gasteiger partial charge in [0.05, 0.1) is 10.6 Å². The lowest BCUT2D eigenvalue weighted by Gasteiger charge is -2.24. The highest BCUT2D eigenvalue weighted by Crippen LogP contribution is 2.24. The lowest BCUT2D eigenvalue weighted by Crippen LogP contribution is -2.33. The molecule has 0 saturated heterocycles. The standard InChI is InChI=1S/C21H28N2O3S/c1-4-15-22(16-5-2)21(24)18-11-10-14-20(17-18)27(25,26)23(6-3)19-12-8-7-9-13-19/h7-14,17H,4-6,15-16H2,1-3H3. The fourth-order valence-electron chi connectivity index (χ4n) is 3.04. The maximum atomic E-state index is 13.2. The summed E-state index contributed by atoms with van der Waals surface area (Å²) in [6.07, 6.45) is 1.72. The van der Waals surface area contributed by atoms with Gasteiger partial charge in [0.1, 0.15) is 0 Å². The molecule has 2 aromatic rings. The summed E-state index contributed by atoms with van der Waals surface area (Å²) in [5.74, 6) is -0.126. The molecule has 0 radical (unpaired) electrons. The van der Waals surface area contributed by atoms with Crippen LogP contribution in [-0.2, 0) is 10.0 Å². The van der Waals surface area contributed by atoms with Crippen molar-refractivity contribution in [1.82, 2.24) is 4.90 Å². The van der Waals surface area contributed by atoms with Crippen molar-refractivity contribution in [3.05, 3.63) is 60.2 Å². The monoisotopic (exact) mass is 388 g/mol. The summed E-state index contributed by atoms with van der Waals surface area (Å²) >= 11 is 0. The number of rotatable bonds is 9. The van der Waals surface area contributed by atoms with Crippen LogP contribution in [0.3, 0.4) is 0 Å². The summed E-state index contributed by atoms with van der Waals surface area (Å²) in [7, 11) is -3.75. The Morgan fingerprint density at radius 3 is 2.07 bits per heavy atom. The van der Waals surface area contributed by atoms with Crippen LogP contribution in [0.25, 0.3) is 0 Å². The average Bonchev–Trinajstić information content (AvgIpc) is 2.68. The van der Waals surface area contributed by atoms with E-state index in [-0.39, 0.29) is 10.8 Å². The SMILES string of the molecule is CCCN(CCC)C(=O)c1cccc(S(=O)(=O)N(CC)c2ccccc2)c1. The van der Waals surface area contributed by atoms with Gasteiger partial charge in [-0.15, -0.1) is 0 Å². The first kappa shape index (κ1) is 21.0. The summed E-state index contributed by atoms with van der Waals surface area (Å²) in [4.78, 5) is 14.7. The zero-order chi connectivity index (χ0) is 19.9. The summed E-state index contributed by atoms with van der Waals surface area (Å²) < 4.78 is 27.7. The number of carbonyl (C=O) groups is 1. The highest BCUT2D eigenvalue weighted by Gasteiger charge is 2.25. The number of hydrogen-bond acceptors (Lipinski definition) is 3. The van der Waals surface area contributed by atoms with Gasteiger partial charge >= 0.3 is 0 Å². The zero-order valence-corrected chi connectivity index (χ0v) is 17.1. The molecule has 0 unspecified atom stereocenters. The molecule has 0 aromatic heterocycles. The van der Waals surface area contributed by atoms with E-state index in [4.69, 9.17) is 0 Å². The minimum absolute atomic E-state index is 0.126. The van der Waals surface area contributed by atoms with E-state index in [1.54, 1.807) is 54.3 Å². The second-order valence-electron chi connectivity index (χ2n) is 6.33. The van der Waals surface area contributed by atoms with Crippen LogP contribution in [0.2, 0.25) is 0 Å². The van der Waals surface area contributed by atoms with Crippen molar-refractivity contribution in [2.75, 3.05) is 23.9 Å². The van der Waals surface area contributed by atoms with Crippen LogP contribution in [0.4, 0.5) is 5.69 Å². The molecule has 2 rings (SSSR count). The molecule has 0 N–H and O–H groups in total. The Bertz CT molecular complexity index is 845. The van der Waals surface area contributed by atoms with Crippen LogP contribution in [0.1, 0.15) is 44.0 Å². The quantitative estimate of drug-likeness (QED) is 0.648. The van der Waals surface area contributed by atoms with Crippen molar-refractivity contribution in [2.45, 2.75) is 38.5 Å². The van der Waals surface area contributed by atoms with Gasteiger partial charge in [-0.05, 0) is 50.1 Å². The van der Waals surface area contributed by atoms with Crippen molar-refractivity contribution < 1.29 is 13.2 Å². The second kappa shape index (κ2) is 9.55. The van der Waals surface area contributed by atoms with Crippen LogP contribution in [0.5, 0.6) is 0 Å². The van der Waals surface area contributed by atoms with E-state index in [1.807, 2.05) is 19.9 Å². The number of amides is 1. The topological polar surface area (TPSA) is 57.7 Å². The van der Waals surface area contributed by atoms with E-state index in [9.17, 15) is 13.2 Å². The molecular formula is C21H28N2O3S. The molecule has 27 heavy (non-hydrogen) atoms. The van der Waals surface area contributed by atoms with Gasteiger partial charge in [0.25, 0.3) is 15.9 Å². The largest absolute Gasteiger partial charge is 0.339 e. The number of carbonyl (C=O) groups excluding carboxylic acids is 1. The fraction of sp³-hybridized carbons (Fsp3) is 0.381. The number of anilines is 1. The van der Waals surface area contributed by atoms with E-state index in [1.165, 1.54) is 10.4 Å². The summed E-state index contributed by atoms with van der Waals surface area (Å²) in [5, 5.41) is 0. The third kappa shape index (κ3) is 4.89. The number of hydrogen-bond donors (Lipinski definition) is 0. The molecule has 6 heteroatoms. The van der Waals surface area contributed by atoms with Crippen LogP contribution in [-0.4, -0.2) is 38.9 Å². The van der Waals surface area contributed by atoms with Gasteiger partial charge in [-0.25, -0.2) is 8.42 Å². The second-order valence-corrected chi connectivity index (χ2v) is 8.19. The molecule has 0 bridgehead atoms. The van der Waals surface area contributed by atoms with Gasteiger partial charge in [0.15, 0.2) is 0 Å². The van der Waals surface area contributed by atoms with Gasteiger partial charge in [-0.1, -0.05) is 38.1 Å². The summed E-state index contributed by atoms with van der Waals surface area (Å²) in [6.45, 7) is 7.47. The smallest absolute Gasteiger partial charge is 0.264 e. The van der Waals surface area contributed by atoms with Gasteiger partial charge in [-0.3, -0.25) is 9.10 Å². The number of benzene rings is 2. The lowest BCUT2D eigenvalue weighted by atomic mass is 10.2. The molecule has 0 aliphatic carbocycles. The van der Waals surface area contributed by atoms with Gasteiger partial charge in [-0.2, -0.15) is 0 Å². The van der Waals surface area contributed by atoms with Crippen LogP contribution in [0.15, 0.2) is 59.5 Å². The molecule has 0 saturated carbocycles. The Morgan fingerprint density at radius 2 is 1.52 bits per heavy atom. The highest BCUT2D eigenvalue weighted by molar-refractivity contribution is 7.92. The molecular weight excluding hydrogens is 360 g/mol. The van der Waals surface area contributed by atoms with Crippen molar-refractivity contribution in [1.29, 1.82) is 0 Å². The van der Waals surface area contributed by atoms with Gasteiger partial charge in [0.2, 0.25) is 0 Å². The minimum atomic E-state index is -3.75. The van der Waals surface area contributed by atoms with Crippen LogP contribution in [0, 0.1) is 0 Å². The molecule has 2 aromatic carbocycles. The molecule has 0 aliphatic rings. The van der Waals surface area contributed by atoms with E-state index in [0.717, 1.165) is 12.8 Å². The molecule has 0 heterocycles. The van der Waals surface area contributed by atoms with Crippen LogP contribution < -0.4 is 4.31 Å². The molecule has 146 valence electrons. The maximum absolute atomic E-state index is 13.2. The first-order valence-electron chi connectivity index (χ1n) is 9.42. The molecule has 0 aliphatic heterocycles. The summed E-state index contributed by atoms with van der Waals surface area (Å²) in [5.41, 5.74) is 1.01. The third-order valence-electron chi connectivity index (χ3n) is 4.27. The van der Waals surface area contributed by atoms with Gasteiger partial charge in [0, 0.05) is 25.2 Å². The molecule has 1 amide bonds. The molecule has 0 atom stereocenters. The maximum Gasteiger partial charge on any atom is 0.264 e. The number of para-hydroxylation sites is 1. The van der Waals surface area contributed by atoms with Crippen molar-refractivity contribution in [2.24, 2.45) is 0 Å². The van der Waals surface area contributed by atoms with Crippen LogP contribution >= 0.6 is 0 Å². The normalized spacial score (nSPS) is 11.2. The Labute approximate surface area is 162 Å². The minimum Gasteiger partial charge on any atom is -0.339 e. The van der Waals surface area contributed by atoms with E-state index < -0.39 is 10.0 Å². The number of nitrogens with zero attached hydrogens (tertiary/aromatic N) is 2. The fourth-order valence-corrected chi connectivity index (χ4v) is 4.56. The van der Waals surface area contributed by atoms with Gasteiger partial charge < -0.3 is 4.90 Å². The zero-order valence-electron chi connectivity index (χ0n) is 16.3.